The third-order valence-electron chi connectivity index (χ3n) is 6.49. The SMILES string of the molecule is CC=CC(C=Cc1ccc(N(C)CCCCCCCCCCCC)cc1)=CC=CC=C(C)C=C(C#N)C(=O)O. The number of allylic oxidation sites excluding steroid dienone is 10. The smallest absolute Gasteiger partial charge is 0.346 e. The molecule has 0 amide bonds. The fourth-order valence-corrected chi connectivity index (χ4v) is 4.15. The van der Waals surface area contributed by atoms with Crippen LogP contribution in [-0.2, 0) is 4.79 Å². The van der Waals surface area contributed by atoms with Gasteiger partial charge in [0.2, 0.25) is 0 Å². The number of unbranched alkanes of at least 4 members (excludes halogenated alkanes) is 9. The summed E-state index contributed by atoms with van der Waals surface area (Å²) >= 11 is 0. The summed E-state index contributed by atoms with van der Waals surface area (Å²) < 4.78 is 0. The van der Waals surface area contributed by atoms with Crippen molar-refractivity contribution in [3.05, 3.63) is 95.2 Å². The van der Waals surface area contributed by atoms with Crippen LogP contribution in [0.1, 0.15) is 90.5 Å². The average Bonchev–Trinajstić information content (AvgIpc) is 2.93. The van der Waals surface area contributed by atoms with Gasteiger partial charge in [-0.15, -0.1) is 0 Å². The fraction of sp³-hybridized carbons (Fsp3) is 0.429. The van der Waals surface area contributed by atoms with Gasteiger partial charge in [0.25, 0.3) is 0 Å². The van der Waals surface area contributed by atoms with Crippen molar-refractivity contribution in [2.75, 3.05) is 18.5 Å². The Labute approximate surface area is 237 Å². The van der Waals surface area contributed by atoms with Crippen LogP contribution in [0.4, 0.5) is 5.69 Å². The van der Waals surface area contributed by atoms with E-state index in [0.29, 0.717) is 5.57 Å². The van der Waals surface area contributed by atoms with E-state index in [1.54, 1.807) is 19.1 Å². The average molecular weight is 529 g/mol. The first-order chi connectivity index (χ1) is 18.9. The molecule has 1 aromatic rings. The van der Waals surface area contributed by atoms with Gasteiger partial charge >= 0.3 is 5.97 Å². The molecule has 0 aliphatic rings. The van der Waals surface area contributed by atoms with Crippen molar-refractivity contribution < 1.29 is 9.90 Å². The molecule has 4 heteroatoms. The molecule has 0 fully saturated rings. The Hall–Kier alpha value is -3.58. The van der Waals surface area contributed by atoms with Crippen LogP contribution in [0.2, 0.25) is 0 Å². The summed E-state index contributed by atoms with van der Waals surface area (Å²) in [5.41, 5.74) is 3.85. The first-order valence-electron chi connectivity index (χ1n) is 14.4. The van der Waals surface area contributed by atoms with E-state index < -0.39 is 5.97 Å². The van der Waals surface area contributed by atoms with E-state index in [4.69, 9.17) is 10.4 Å². The molecule has 0 saturated heterocycles. The lowest BCUT2D eigenvalue weighted by Gasteiger charge is -2.19. The maximum atomic E-state index is 10.9. The molecule has 210 valence electrons. The highest BCUT2D eigenvalue weighted by molar-refractivity contribution is 5.91. The van der Waals surface area contributed by atoms with Crippen LogP contribution in [0.15, 0.2) is 89.6 Å². The molecular weight excluding hydrogens is 480 g/mol. The molecule has 4 nitrogen and oxygen atoms in total. The van der Waals surface area contributed by atoms with Crippen molar-refractivity contribution >= 4 is 17.7 Å². The summed E-state index contributed by atoms with van der Waals surface area (Å²) in [6.07, 6.45) is 30.6. The third-order valence-corrected chi connectivity index (χ3v) is 6.49. The minimum Gasteiger partial charge on any atom is -0.477 e. The lowest BCUT2D eigenvalue weighted by Crippen LogP contribution is -2.18. The largest absolute Gasteiger partial charge is 0.477 e. The molecule has 0 aromatic heterocycles. The first-order valence-corrected chi connectivity index (χ1v) is 14.4. The molecule has 0 heterocycles. The number of rotatable bonds is 19. The van der Waals surface area contributed by atoms with Crippen LogP contribution in [0.25, 0.3) is 6.08 Å². The van der Waals surface area contributed by atoms with Gasteiger partial charge in [-0.3, -0.25) is 0 Å². The summed E-state index contributed by atoms with van der Waals surface area (Å²) in [6.45, 7) is 7.10. The van der Waals surface area contributed by atoms with Crippen LogP contribution >= 0.6 is 0 Å². The van der Waals surface area contributed by atoms with E-state index in [0.717, 1.165) is 17.7 Å². The quantitative estimate of drug-likeness (QED) is 0.0840. The van der Waals surface area contributed by atoms with Gasteiger partial charge in [0.05, 0.1) is 0 Å². The predicted molar refractivity (Wildman–Crippen MR) is 168 cm³/mol. The topological polar surface area (TPSA) is 64.3 Å². The van der Waals surface area contributed by atoms with E-state index in [-0.39, 0.29) is 5.57 Å². The molecule has 0 aliphatic carbocycles. The summed E-state index contributed by atoms with van der Waals surface area (Å²) in [7, 11) is 2.17. The first kappa shape index (κ1) is 33.4. The number of nitrogens with zero attached hydrogens (tertiary/aromatic N) is 2. The van der Waals surface area contributed by atoms with Crippen molar-refractivity contribution in [3.8, 4) is 6.07 Å². The third kappa shape index (κ3) is 16.1. The van der Waals surface area contributed by atoms with E-state index in [2.05, 4.69) is 55.3 Å². The van der Waals surface area contributed by atoms with Gasteiger partial charge in [-0.05, 0) is 55.2 Å². The summed E-state index contributed by atoms with van der Waals surface area (Å²) in [5, 5.41) is 17.8. The molecule has 0 spiro atoms. The number of nitriles is 1. The highest BCUT2D eigenvalue weighted by Gasteiger charge is 2.04. The number of carboxylic acids is 1. The van der Waals surface area contributed by atoms with Crippen LogP contribution in [0.5, 0.6) is 0 Å². The van der Waals surface area contributed by atoms with Gasteiger partial charge < -0.3 is 10.0 Å². The number of hydrogen-bond donors (Lipinski definition) is 1. The molecule has 0 aliphatic heterocycles. The highest BCUT2D eigenvalue weighted by atomic mass is 16.4. The van der Waals surface area contributed by atoms with Crippen molar-refractivity contribution in [1.82, 2.24) is 0 Å². The maximum Gasteiger partial charge on any atom is 0.346 e. The highest BCUT2D eigenvalue weighted by Crippen LogP contribution is 2.17. The van der Waals surface area contributed by atoms with Crippen LogP contribution in [-0.4, -0.2) is 24.7 Å². The Bertz CT molecular complexity index is 1060. The maximum absolute atomic E-state index is 10.9. The number of aliphatic carboxylic acids is 1. The zero-order valence-corrected chi connectivity index (χ0v) is 24.5. The van der Waals surface area contributed by atoms with E-state index in [9.17, 15) is 4.79 Å². The molecule has 1 N–H and O–H groups in total. The number of benzene rings is 1. The van der Waals surface area contributed by atoms with Crippen molar-refractivity contribution in [3.63, 3.8) is 0 Å². The van der Waals surface area contributed by atoms with Gasteiger partial charge in [-0.2, -0.15) is 5.26 Å². The number of carboxylic acid groups (broad SMARTS) is 1. The molecule has 39 heavy (non-hydrogen) atoms. The lowest BCUT2D eigenvalue weighted by molar-refractivity contribution is -0.132. The van der Waals surface area contributed by atoms with Crippen LogP contribution in [0, 0.1) is 11.3 Å². The Kier molecular flexibility index (Phi) is 18.3. The van der Waals surface area contributed by atoms with Gasteiger partial charge in [0, 0.05) is 19.3 Å². The second kappa shape index (κ2) is 21.4. The zero-order valence-electron chi connectivity index (χ0n) is 24.5. The molecule has 0 radical (unpaired) electrons. The lowest BCUT2D eigenvalue weighted by atomic mass is 10.1. The van der Waals surface area contributed by atoms with Gasteiger partial charge in [0.15, 0.2) is 0 Å². The van der Waals surface area contributed by atoms with Crippen molar-refractivity contribution in [2.45, 2.75) is 85.0 Å². The second-order valence-electron chi connectivity index (χ2n) is 9.97. The summed E-state index contributed by atoms with van der Waals surface area (Å²) in [6, 6.07) is 10.4. The molecular formula is C35H48N2O2. The number of carbonyl (C=O) groups is 1. The van der Waals surface area contributed by atoms with Gasteiger partial charge in [-0.1, -0.05) is 125 Å². The normalized spacial score (nSPS) is 13.1. The van der Waals surface area contributed by atoms with Gasteiger partial charge in [0.1, 0.15) is 11.6 Å². The minimum atomic E-state index is -1.22. The van der Waals surface area contributed by atoms with Crippen molar-refractivity contribution in [2.24, 2.45) is 0 Å². The fourth-order valence-electron chi connectivity index (χ4n) is 4.15. The molecule has 1 aromatic carbocycles. The molecule has 0 atom stereocenters. The number of hydrogen-bond acceptors (Lipinski definition) is 3. The van der Waals surface area contributed by atoms with E-state index >= 15 is 0 Å². The zero-order chi connectivity index (χ0) is 28.7. The number of anilines is 1. The molecule has 0 bridgehead atoms. The predicted octanol–water partition coefficient (Wildman–Crippen LogP) is 9.60. The van der Waals surface area contributed by atoms with E-state index in [1.165, 1.54) is 76.0 Å². The monoisotopic (exact) mass is 528 g/mol. The Morgan fingerprint density at radius 1 is 0.923 bits per heavy atom. The standard InChI is InChI=1S/C35H48N2O2/c1-5-7-8-9-10-11-12-13-14-17-27-37(4)34-25-23-32(24-26-34)22-21-31(18-6-2)20-16-15-19-30(3)28-33(29-36)35(38)39/h6,15-16,18-26,28H,5,7-14,17,27H2,1-4H3,(H,38,39). The van der Waals surface area contributed by atoms with Crippen LogP contribution in [0.3, 0.4) is 0 Å². The summed E-state index contributed by atoms with van der Waals surface area (Å²) in [4.78, 5) is 13.3. The minimum absolute atomic E-state index is 0.277. The molecule has 0 unspecified atom stereocenters. The molecule has 1 rings (SSSR count). The second-order valence-corrected chi connectivity index (χ2v) is 9.97. The van der Waals surface area contributed by atoms with E-state index in [1.807, 2.05) is 37.3 Å². The van der Waals surface area contributed by atoms with Gasteiger partial charge in [-0.25, -0.2) is 4.79 Å². The Morgan fingerprint density at radius 2 is 1.51 bits per heavy atom. The Balaban J connectivity index is 2.55. The Morgan fingerprint density at radius 3 is 2.08 bits per heavy atom. The molecule has 0 saturated carbocycles. The summed E-state index contributed by atoms with van der Waals surface area (Å²) in [5.74, 6) is -1.22. The van der Waals surface area contributed by atoms with Crippen LogP contribution < -0.4 is 4.90 Å². The van der Waals surface area contributed by atoms with Crippen molar-refractivity contribution in [1.29, 1.82) is 5.26 Å².